The Hall–Kier alpha value is -2.65. The Morgan fingerprint density at radius 3 is 2.19 bits per heavy atom. The van der Waals surface area contributed by atoms with Crippen LogP contribution in [0.1, 0.15) is 17.3 Å². The van der Waals surface area contributed by atoms with Gasteiger partial charge in [-0.25, -0.2) is 17.1 Å². The smallest absolute Gasteiger partial charge is 0.255 e. The third-order valence-corrected chi connectivity index (χ3v) is 7.72. The summed E-state index contributed by atoms with van der Waals surface area (Å²) in [5.41, 5.74) is 1.27. The number of carbonyl (C=O) groups is 2. The van der Waals surface area contributed by atoms with Crippen molar-refractivity contribution in [3.63, 3.8) is 0 Å². The minimum Gasteiger partial charge on any atom is -0.368 e. The van der Waals surface area contributed by atoms with E-state index in [9.17, 15) is 22.4 Å². The Labute approximate surface area is 185 Å². The third-order valence-electron chi connectivity index (χ3n) is 5.54. The van der Waals surface area contributed by atoms with Crippen LogP contribution in [-0.4, -0.2) is 57.1 Å². The molecule has 0 bridgehead atoms. The molecule has 2 amide bonds. The van der Waals surface area contributed by atoms with Gasteiger partial charge in [0.1, 0.15) is 5.82 Å². The number of carbonyl (C=O) groups excluding carboxylic acids is 2. The molecular formula is C21H21ClFN3O4S. The molecule has 31 heavy (non-hydrogen) atoms. The molecule has 4 rings (SSSR count). The van der Waals surface area contributed by atoms with Gasteiger partial charge in [0.25, 0.3) is 5.91 Å². The molecule has 0 aliphatic carbocycles. The Kier molecular flexibility index (Phi) is 5.65. The number of rotatable bonds is 3. The molecule has 164 valence electrons. The summed E-state index contributed by atoms with van der Waals surface area (Å²) in [6.45, 7) is 3.66. The van der Waals surface area contributed by atoms with Crippen LogP contribution < -0.4 is 9.21 Å². The van der Waals surface area contributed by atoms with Crippen LogP contribution >= 0.6 is 11.6 Å². The highest BCUT2D eigenvalue weighted by Crippen LogP contribution is 2.32. The SMILES string of the molecule is CC1CS(=O)(=O)N(c2ccc(C(=O)N3CCN(c4ccc(F)cc4)CC3)c(Cl)c2)C1=O. The molecule has 7 nitrogen and oxygen atoms in total. The lowest BCUT2D eigenvalue weighted by Gasteiger charge is -2.36. The van der Waals surface area contributed by atoms with Crippen LogP contribution in [0.25, 0.3) is 0 Å². The van der Waals surface area contributed by atoms with E-state index in [2.05, 4.69) is 4.90 Å². The first kappa shape index (κ1) is 21.6. The lowest BCUT2D eigenvalue weighted by molar-refractivity contribution is -0.119. The molecule has 2 aromatic carbocycles. The highest BCUT2D eigenvalue weighted by Gasteiger charge is 2.42. The summed E-state index contributed by atoms with van der Waals surface area (Å²) < 4.78 is 38.5. The van der Waals surface area contributed by atoms with Gasteiger partial charge < -0.3 is 9.80 Å². The summed E-state index contributed by atoms with van der Waals surface area (Å²) in [5, 5.41) is 0.0889. The first-order valence-electron chi connectivity index (χ1n) is 9.83. The number of hydrogen-bond donors (Lipinski definition) is 0. The largest absolute Gasteiger partial charge is 0.368 e. The molecule has 0 aromatic heterocycles. The molecule has 2 aliphatic rings. The van der Waals surface area contributed by atoms with Crippen LogP contribution in [-0.2, 0) is 14.8 Å². The molecule has 0 spiro atoms. The van der Waals surface area contributed by atoms with E-state index in [0.717, 1.165) is 9.99 Å². The molecule has 2 fully saturated rings. The molecule has 2 heterocycles. The van der Waals surface area contributed by atoms with Crippen LogP contribution in [0.5, 0.6) is 0 Å². The first-order valence-corrected chi connectivity index (χ1v) is 11.8. The molecule has 2 aromatic rings. The van der Waals surface area contributed by atoms with E-state index in [1.54, 1.807) is 24.0 Å². The quantitative estimate of drug-likeness (QED) is 0.696. The lowest BCUT2D eigenvalue weighted by atomic mass is 10.1. The molecular weight excluding hydrogens is 445 g/mol. The number of nitrogens with zero attached hydrogens (tertiary/aromatic N) is 3. The van der Waals surface area contributed by atoms with E-state index < -0.39 is 21.8 Å². The van der Waals surface area contributed by atoms with Gasteiger partial charge in [-0.05, 0) is 42.5 Å². The van der Waals surface area contributed by atoms with Gasteiger partial charge in [-0.3, -0.25) is 9.59 Å². The maximum atomic E-state index is 13.1. The molecule has 0 saturated carbocycles. The molecule has 0 N–H and O–H groups in total. The van der Waals surface area contributed by atoms with Crippen molar-refractivity contribution in [1.82, 2.24) is 4.90 Å². The van der Waals surface area contributed by atoms with E-state index in [0.29, 0.717) is 26.2 Å². The van der Waals surface area contributed by atoms with E-state index in [1.807, 2.05) is 0 Å². The lowest BCUT2D eigenvalue weighted by Crippen LogP contribution is -2.48. The zero-order valence-electron chi connectivity index (χ0n) is 16.8. The van der Waals surface area contributed by atoms with Crippen molar-refractivity contribution in [3.8, 4) is 0 Å². The van der Waals surface area contributed by atoms with Crippen molar-refractivity contribution in [2.45, 2.75) is 6.92 Å². The van der Waals surface area contributed by atoms with Gasteiger partial charge in [0.05, 0.1) is 27.9 Å². The number of hydrogen-bond acceptors (Lipinski definition) is 5. The molecule has 1 unspecified atom stereocenters. The second kappa shape index (κ2) is 8.12. The normalized spacial score (nSPS) is 20.9. The van der Waals surface area contributed by atoms with Gasteiger partial charge in [-0.1, -0.05) is 18.5 Å². The minimum absolute atomic E-state index is 0.0889. The van der Waals surface area contributed by atoms with Gasteiger partial charge in [-0.15, -0.1) is 0 Å². The average molecular weight is 466 g/mol. The maximum Gasteiger partial charge on any atom is 0.255 e. The zero-order chi connectivity index (χ0) is 22.3. The monoisotopic (exact) mass is 465 g/mol. The van der Waals surface area contributed by atoms with E-state index in [-0.39, 0.29) is 33.8 Å². The fourth-order valence-corrected chi connectivity index (χ4v) is 5.95. The maximum absolute atomic E-state index is 13.1. The molecule has 0 radical (unpaired) electrons. The fourth-order valence-electron chi connectivity index (χ4n) is 3.88. The first-order chi connectivity index (χ1) is 14.7. The van der Waals surface area contributed by atoms with Crippen LogP contribution in [0.3, 0.4) is 0 Å². The van der Waals surface area contributed by atoms with Gasteiger partial charge in [0, 0.05) is 31.9 Å². The number of benzene rings is 2. The molecule has 1 atom stereocenters. The summed E-state index contributed by atoms with van der Waals surface area (Å²) in [4.78, 5) is 29.0. The molecule has 2 saturated heterocycles. The minimum atomic E-state index is -3.74. The summed E-state index contributed by atoms with van der Waals surface area (Å²) in [7, 11) is -3.74. The van der Waals surface area contributed by atoms with Crippen molar-refractivity contribution in [2.75, 3.05) is 41.1 Å². The van der Waals surface area contributed by atoms with Crippen molar-refractivity contribution < 1.29 is 22.4 Å². The van der Waals surface area contributed by atoms with Gasteiger partial charge in [-0.2, -0.15) is 0 Å². The van der Waals surface area contributed by atoms with E-state index in [1.165, 1.54) is 30.3 Å². The van der Waals surface area contributed by atoms with Gasteiger partial charge >= 0.3 is 0 Å². The van der Waals surface area contributed by atoms with Gasteiger partial charge in [0.15, 0.2) is 0 Å². The second-order valence-electron chi connectivity index (χ2n) is 7.70. The van der Waals surface area contributed by atoms with Crippen molar-refractivity contribution >= 4 is 44.8 Å². The highest BCUT2D eigenvalue weighted by molar-refractivity contribution is 7.94. The number of halogens is 2. The summed E-state index contributed by atoms with van der Waals surface area (Å²) in [6.07, 6.45) is 0. The van der Waals surface area contributed by atoms with E-state index >= 15 is 0 Å². The summed E-state index contributed by atoms with van der Waals surface area (Å²) in [6, 6.07) is 10.4. The highest BCUT2D eigenvalue weighted by atomic mass is 35.5. The fraction of sp³-hybridized carbons (Fsp3) is 0.333. The third kappa shape index (κ3) is 4.12. The average Bonchev–Trinajstić information content (AvgIpc) is 2.94. The van der Waals surface area contributed by atoms with Crippen LogP contribution in [0, 0.1) is 11.7 Å². The topological polar surface area (TPSA) is 78.0 Å². The van der Waals surface area contributed by atoms with Crippen LogP contribution in [0.4, 0.5) is 15.8 Å². The van der Waals surface area contributed by atoms with Gasteiger partial charge in [0.2, 0.25) is 15.9 Å². The predicted molar refractivity (Wildman–Crippen MR) is 116 cm³/mol. The number of amides is 2. The van der Waals surface area contributed by atoms with Crippen LogP contribution in [0.2, 0.25) is 5.02 Å². The number of sulfonamides is 1. The second-order valence-corrected chi connectivity index (χ2v) is 9.97. The number of anilines is 2. The zero-order valence-corrected chi connectivity index (χ0v) is 18.4. The Morgan fingerprint density at radius 2 is 1.65 bits per heavy atom. The predicted octanol–water partition coefficient (Wildman–Crippen LogP) is 2.75. The molecule has 10 heteroatoms. The Bertz CT molecular complexity index is 1130. The Morgan fingerprint density at radius 1 is 1.03 bits per heavy atom. The molecule has 2 aliphatic heterocycles. The van der Waals surface area contributed by atoms with Crippen molar-refractivity contribution in [2.24, 2.45) is 5.92 Å². The Balaban J connectivity index is 1.47. The van der Waals surface area contributed by atoms with Crippen LogP contribution in [0.15, 0.2) is 42.5 Å². The van der Waals surface area contributed by atoms with Crippen molar-refractivity contribution in [1.29, 1.82) is 0 Å². The summed E-state index contributed by atoms with van der Waals surface area (Å²) in [5.74, 6) is -1.94. The number of piperazine rings is 1. The standard InChI is InChI=1S/C21H21ClFN3O4S/c1-14-13-31(29,30)26(20(14)27)17-6-7-18(19(22)12-17)21(28)25-10-8-24(9-11-25)16-4-2-15(23)3-5-16/h2-7,12,14H,8-11,13H2,1H3. The van der Waals surface area contributed by atoms with E-state index in [4.69, 9.17) is 11.6 Å². The van der Waals surface area contributed by atoms with Crippen molar-refractivity contribution in [3.05, 3.63) is 58.9 Å². The summed E-state index contributed by atoms with van der Waals surface area (Å²) >= 11 is 6.31.